The quantitative estimate of drug-likeness (QED) is 0.694. The third-order valence-electron chi connectivity index (χ3n) is 5.52. The predicted octanol–water partition coefficient (Wildman–Crippen LogP) is 3.64. The lowest BCUT2D eigenvalue weighted by atomic mass is 9.87. The first-order chi connectivity index (χ1) is 14.2. The lowest BCUT2D eigenvalue weighted by Crippen LogP contribution is -2.39. The maximum Gasteiger partial charge on any atom is 0.247 e. The zero-order valence-electron chi connectivity index (χ0n) is 16.3. The molecule has 1 aromatic heterocycles. The number of hydrogen-bond acceptors (Lipinski definition) is 5. The minimum absolute atomic E-state index is 0.0945. The molecule has 0 bridgehead atoms. The first kappa shape index (κ1) is 19.3. The molecule has 2 aromatic carbocycles. The van der Waals surface area contributed by atoms with Crippen LogP contribution in [-0.4, -0.2) is 39.2 Å². The molecule has 150 valence electrons. The maximum atomic E-state index is 12.6. The molecule has 0 radical (unpaired) electrons. The van der Waals surface area contributed by atoms with Crippen LogP contribution in [-0.2, 0) is 11.2 Å². The topological polar surface area (TPSA) is 79.5 Å². The van der Waals surface area contributed by atoms with Gasteiger partial charge in [-0.2, -0.15) is 0 Å². The molecule has 1 aliphatic rings. The van der Waals surface area contributed by atoms with E-state index in [2.05, 4.69) is 10.2 Å². The number of piperidine rings is 1. The van der Waals surface area contributed by atoms with E-state index in [9.17, 15) is 9.90 Å². The molecule has 0 spiro atoms. The van der Waals surface area contributed by atoms with Crippen molar-refractivity contribution in [2.75, 3.05) is 13.1 Å². The third-order valence-corrected chi connectivity index (χ3v) is 5.52. The van der Waals surface area contributed by atoms with Crippen molar-refractivity contribution in [2.45, 2.75) is 31.8 Å². The molecule has 0 aliphatic carbocycles. The Balaban J connectivity index is 1.26. The molecule has 1 fully saturated rings. The summed E-state index contributed by atoms with van der Waals surface area (Å²) in [6.45, 7) is 1.35. The molecule has 1 saturated heterocycles. The summed E-state index contributed by atoms with van der Waals surface area (Å²) in [5.41, 5.74) is 1.82. The van der Waals surface area contributed by atoms with E-state index >= 15 is 0 Å². The lowest BCUT2D eigenvalue weighted by molar-refractivity contribution is -0.133. The van der Waals surface area contributed by atoms with Crippen LogP contribution < -0.4 is 0 Å². The minimum Gasteiger partial charge on any atom is -0.421 e. The smallest absolute Gasteiger partial charge is 0.247 e. The van der Waals surface area contributed by atoms with Gasteiger partial charge in [0.2, 0.25) is 17.7 Å². The molecule has 1 atom stereocenters. The van der Waals surface area contributed by atoms with Gasteiger partial charge in [0, 0.05) is 31.5 Å². The van der Waals surface area contributed by atoms with Crippen LogP contribution in [0.3, 0.4) is 0 Å². The number of benzene rings is 2. The molecule has 4 rings (SSSR count). The van der Waals surface area contributed by atoms with Crippen LogP contribution in [0.1, 0.15) is 36.8 Å². The van der Waals surface area contributed by atoms with Crippen LogP contribution in [0.2, 0.25) is 0 Å². The molecular formula is C23H25N3O3. The highest BCUT2D eigenvalue weighted by molar-refractivity contribution is 5.76. The van der Waals surface area contributed by atoms with Crippen LogP contribution in [0.25, 0.3) is 11.5 Å². The van der Waals surface area contributed by atoms with E-state index < -0.39 is 6.10 Å². The zero-order chi connectivity index (χ0) is 20.1. The van der Waals surface area contributed by atoms with Crippen molar-refractivity contribution >= 4 is 5.91 Å². The number of amides is 1. The number of carbonyl (C=O) groups is 1. The average Bonchev–Trinajstić information content (AvgIpc) is 3.27. The van der Waals surface area contributed by atoms with Crippen molar-refractivity contribution in [2.24, 2.45) is 5.92 Å². The molecule has 29 heavy (non-hydrogen) atoms. The van der Waals surface area contributed by atoms with E-state index in [-0.39, 0.29) is 11.8 Å². The van der Waals surface area contributed by atoms with E-state index in [1.54, 1.807) is 0 Å². The Labute approximate surface area is 170 Å². The second-order valence-corrected chi connectivity index (χ2v) is 7.44. The van der Waals surface area contributed by atoms with E-state index in [4.69, 9.17) is 4.42 Å². The normalized spacial score (nSPS) is 16.0. The fourth-order valence-corrected chi connectivity index (χ4v) is 3.81. The zero-order valence-corrected chi connectivity index (χ0v) is 16.3. The van der Waals surface area contributed by atoms with Crippen molar-refractivity contribution in [1.82, 2.24) is 15.1 Å². The van der Waals surface area contributed by atoms with E-state index in [1.165, 1.54) is 0 Å². The van der Waals surface area contributed by atoms with Gasteiger partial charge < -0.3 is 14.4 Å². The fourth-order valence-electron chi connectivity index (χ4n) is 3.81. The highest BCUT2D eigenvalue weighted by Gasteiger charge is 2.28. The Morgan fingerprint density at radius 2 is 1.69 bits per heavy atom. The number of hydrogen-bond donors (Lipinski definition) is 1. The number of carbonyl (C=O) groups excluding carboxylic acids is 1. The summed E-state index contributed by atoms with van der Waals surface area (Å²) in [6.07, 6.45) is 1.93. The highest BCUT2D eigenvalue weighted by Crippen LogP contribution is 2.30. The van der Waals surface area contributed by atoms with Gasteiger partial charge in [-0.3, -0.25) is 4.79 Å². The molecule has 1 amide bonds. The fraction of sp³-hybridized carbons (Fsp3) is 0.348. The molecule has 0 unspecified atom stereocenters. The Kier molecular flexibility index (Phi) is 6.00. The standard InChI is InChI=1S/C23H25N3O3/c27-21(12-11-20-24-25-23(29-20)19-9-5-2-6-10-19)26-15-13-18(14-16-26)22(28)17-7-3-1-4-8-17/h1-10,18,22,28H,11-16H2/t22-/m1/s1. The molecule has 6 heteroatoms. The van der Waals surface area contributed by atoms with Gasteiger partial charge in [-0.25, -0.2) is 0 Å². The summed E-state index contributed by atoms with van der Waals surface area (Å²) in [4.78, 5) is 14.4. The van der Waals surface area contributed by atoms with Gasteiger partial charge in [0.05, 0.1) is 6.10 Å². The second-order valence-electron chi connectivity index (χ2n) is 7.44. The van der Waals surface area contributed by atoms with Gasteiger partial charge in [-0.15, -0.1) is 10.2 Å². The molecule has 1 N–H and O–H groups in total. The number of aromatic nitrogens is 2. The van der Waals surface area contributed by atoms with Crippen molar-refractivity contribution in [3.63, 3.8) is 0 Å². The van der Waals surface area contributed by atoms with Crippen molar-refractivity contribution in [1.29, 1.82) is 0 Å². The largest absolute Gasteiger partial charge is 0.421 e. The number of aryl methyl sites for hydroxylation is 1. The van der Waals surface area contributed by atoms with Gasteiger partial charge in [-0.05, 0) is 36.5 Å². The number of likely N-dealkylation sites (tertiary alicyclic amines) is 1. The van der Waals surface area contributed by atoms with Gasteiger partial charge in [0.15, 0.2) is 0 Å². The second kappa shape index (κ2) is 9.01. The minimum atomic E-state index is -0.469. The number of aliphatic hydroxyl groups is 1. The first-order valence-electron chi connectivity index (χ1n) is 10.1. The van der Waals surface area contributed by atoms with E-state index in [1.807, 2.05) is 65.6 Å². The number of rotatable bonds is 6. The Morgan fingerprint density at radius 3 is 2.38 bits per heavy atom. The summed E-state index contributed by atoms with van der Waals surface area (Å²) in [6, 6.07) is 19.3. The van der Waals surface area contributed by atoms with Gasteiger partial charge in [0.1, 0.15) is 0 Å². The van der Waals surface area contributed by atoms with E-state index in [0.29, 0.717) is 37.7 Å². The van der Waals surface area contributed by atoms with Crippen molar-refractivity contribution in [3.8, 4) is 11.5 Å². The van der Waals surface area contributed by atoms with Crippen LogP contribution in [0.15, 0.2) is 65.1 Å². The summed E-state index contributed by atoms with van der Waals surface area (Å²) in [7, 11) is 0. The SMILES string of the molecule is O=C(CCc1nnc(-c2ccccc2)o1)N1CCC([C@H](O)c2ccccc2)CC1. The van der Waals surface area contributed by atoms with Crippen LogP contribution in [0.4, 0.5) is 0 Å². The van der Waals surface area contributed by atoms with Crippen LogP contribution >= 0.6 is 0 Å². The van der Waals surface area contributed by atoms with E-state index in [0.717, 1.165) is 24.0 Å². The summed E-state index contributed by atoms with van der Waals surface area (Å²) >= 11 is 0. The van der Waals surface area contributed by atoms with Crippen molar-refractivity contribution in [3.05, 3.63) is 72.1 Å². The monoisotopic (exact) mass is 391 g/mol. The predicted molar refractivity (Wildman–Crippen MR) is 109 cm³/mol. The average molecular weight is 391 g/mol. The maximum absolute atomic E-state index is 12.6. The molecule has 0 saturated carbocycles. The summed E-state index contributed by atoms with van der Waals surface area (Å²) in [5, 5.41) is 18.7. The van der Waals surface area contributed by atoms with Gasteiger partial charge in [-0.1, -0.05) is 48.5 Å². The Morgan fingerprint density at radius 1 is 1.03 bits per heavy atom. The lowest BCUT2D eigenvalue weighted by Gasteiger charge is -2.34. The van der Waals surface area contributed by atoms with Gasteiger partial charge in [0.25, 0.3) is 0 Å². The first-order valence-corrected chi connectivity index (χ1v) is 10.1. The van der Waals surface area contributed by atoms with Crippen LogP contribution in [0.5, 0.6) is 0 Å². The number of aliphatic hydroxyl groups excluding tert-OH is 1. The Hall–Kier alpha value is -2.99. The third kappa shape index (κ3) is 4.71. The van der Waals surface area contributed by atoms with Crippen LogP contribution in [0, 0.1) is 5.92 Å². The van der Waals surface area contributed by atoms with Gasteiger partial charge >= 0.3 is 0 Å². The molecule has 3 aromatic rings. The molecule has 2 heterocycles. The highest BCUT2D eigenvalue weighted by atomic mass is 16.4. The van der Waals surface area contributed by atoms with Crippen molar-refractivity contribution < 1.29 is 14.3 Å². The molecule has 1 aliphatic heterocycles. The summed E-state index contributed by atoms with van der Waals surface area (Å²) < 4.78 is 5.68. The molecule has 6 nitrogen and oxygen atoms in total. The number of nitrogens with zero attached hydrogens (tertiary/aromatic N) is 3. The Bertz CT molecular complexity index is 919. The summed E-state index contributed by atoms with van der Waals surface area (Å²) in [5.74, 6) is 1.23. The molecular weight excluding hydrogens is 366 g/mol.